The molecule has 2 N–H and O–H groups in total. The maximum Gasteiger partial charge on any atom is 0.407 e. The zero-order valence-corrected chi connectivity index (χ0v) is 11.6. The van der Waals surface area contributed by atoms with E-state index in [9.17, 15) is 14.7 Å². The number of rotatable bonds is 2. The van der Waals surface area contributed by atoms with Crippen LogP contribution in [0.4, 0.5) is 4.79 Å². The number of hydrogen-bond donors (Lipinski definition) is 2. The highest BCUT2D eigenvalue weighted by molar-refractivity contribution is 5.74. The molecule has 0 saturated heterocycles. The summed E-state index contributed by atoms with van der Waals surface area (Å²) in [4.78, 5) is 22.8. The molecule has 104 valence electrons. The van der Waals surface area contributed by atoms with Crippen molar-refractivity contribution in [3.8, 4) is 0 Å². The number of hydrogen-bond acceptors (Lipinski definition) is 3. The molecule has 0 heterocycles. The fraction of sp³-hybridized carbons (Fsp3) is 0.846. The lowest BCUT2D eigenvalue weighted by atomic mass is 9.73. The minimum absolute atomic E-state index is 0.116. The summed E-state index contributed by atoms with van der Waals surface area (Å²) in [6, 6.07) is -0.116. The predicted molar refractivity (Wildman–Crippen MR) is 67.4 cm³/mol. The molecule has 1 saturated carbocycles. The number of carboxylic acids is 1. The van der Waals surface area contributed by atoms with Gasteiger partial charge in [0.1, 0.15) is 5.60 Å². The average Bonchev–Trinajstić information content (AvgIpc) is 2.13. The van der Waals surface area contributed by atoms with Crippen LogP contribution >= 0.6 is 0 Å². The summed E-state index contributed by atoms with van der Waals surface area (Å²) in [5.74, 6) is -0.793. The first-order valence-electron chi connectivity index (χ1n) is 6.35. The van der Waals surface area contributed by atoms with E-state index in [1.807, 2.05) is 0 Å². The highest BCUT2D eigenvalue weighted by Gasteiger charge is 2.39. The lowest BCUT2D eigenvalue weighted by molar-refractivity contribution is -0.150. The fourth-order valence-corrected chi connectivity index (χ4v) is 2.28. The Morgan fingerprint density at radius 3 is 2.50 bits per heavy atom. The van der Waals surface area contributed by atoms with Gasteiger partial charge in [0.15, 0.2) is 0 Å². The second kappa shape index (κ2) is 5.16. The zero-order valence-electron chi connectivity index (χ0n) is 11.6. The van der Waals surface area contributed by atoms with Gasteiger partial charge < -0.3 is 15.2 Å². The Bertz CT molecular complexity index is 334. The molecule has 1 rings (SSSR count). The van der Waals surface area contributed by atoms with Crippen LogP contribution in [0.5, 0.6) is 0 Å². The largest absolute Gasteiger partial charge is 0.481 e. The molecule has 0 unspecified atom stereocenters. The topological polar surface area (TPSA) is 75.6 Å². The van der Waals surface area contributed by atoms with E-state index in [2.05, 4.69) is 5.32 Å². The number of ether oxygens (including phenoxy) is 1. The van der Waals surface area contributed by atoms with Crippen molar-refractivity contribution in [3.63, 3.8) is 0 Å². The predicted octanol–water partition coefficient (Wildman–Crippen LogP) is 2.54. The van der Waals surface area contributed by atoms with E-state index in [4.69, 9.17) is 4.74 Å². The molecular formula is C13H23NO4. The van der Waals surface area contributed by atoms with E-state index >= 15 is 0 Å². The third-order valence-corrected chi connectivity index (χ3v) is 3.22. The minimum Gasteiger partial charge on any atom is -0.481 e. The van der Waals surface area contributed by atoms with E-state index in [0.717, 1.165) is 12.8 Å². The first kappa shape index (κ1) is 14.8. The van der Waals surface area contributed by atoms with E-state index in [0.29, 0.717) is 12.8 Å². The minimum atomic E-state index is -0.793. The van der Waals surface area contributed by atoms with Crippen LogP contribution in [0.1, 0.15) is 53.4 Å². The van der Waals surface area contributed by atoms with Crippen molar-refractivity contribution in [3.05, 3.63) is 0 Å². The number of aliphatic carboxylic acids is 1. The van der Waals surface area contributed by atoms with Crippen molar-refractivity contribution >= 4 is 12.1 Å². The van der Waals surface area contributed by atoms with Gasteiger partial charge in [-0.2, -0.15) is 0 Å². The number of carboxylic acid groups (broad SMARTS) is 1. The van der Waals surface area contributed by atoms with Crippen molar-refractivity contribution < 1.29 is 19.4 Å². The van der Waals surface area contributed by atoms with Crippen molar-refractivity contribution in [1.82, 2.24) is 5.32 Å². The summed E-state index contributed by atoms with van der Waals surface area (Å²) in [5.41, 5.74) is -1.27. The highest BCUT2D eigenvalue weighted by Crippen LogP contribution is 2.36. The lowest BCUT2D eigenvalue weighted by Gasteiger charge is -2.35. The average molecular weight is 257 g/mol. The Kier molecular flexibility index (Phi) is 4.24. The number of alkyl carbamates (subject to hydrolysis) is 1. The maximum absolute atomic E-state index is 11.6. The third-order valence-electron chi connectivity index (χ3n) is 3.22. The van der Waals surface area contributed by atoms with Crippen LogP contribution < -0.4 is 5.32 Å². The van der Waals surface area contributed by atoms with Crippen LogP contribution in [-0.2, 0) is 9.53 Å². The molecule has 2 atom stereocenters. The third kappa shape index (κ3) is 4.20. The molecule has 1 amide bonds. The molecular weight excluding hydrogens is 234 g/mol. The van der Waals surface area contributed by atoms with Crippen LogP contribution in [0.2, 0.25) is 0 Å². The van der Waals surface area contributed by atoms with Crippen LogP contribution in [0.3, 0.4) is 0 Å². The van der Waals surface area contributed by atoms with E-state index in [1.54, 1.807) is 27.7 Å². The molecule has 0 spiro atoms. The van der Waals surface area contributed by atoms with E-state index in [-0.39, 0.29) is 6.04 Å². The highest BCUT2D eigenvalue weighted by atomic mass is 16.6. The molecule has 5 heteroatoms. The monoisotopic (exact) mass is 257 g/mol. The van der Waals surface area contributed by atoms with Crippen molar-refractivity contribution in [2.45, 2.75) is 65.0 Å². The lowest BCUT2D eigenvalue weighted by Crippen LogP contribution is -2.45. The van der Waals surface area contributed by atoms with Gasteiger partial charge >= 0.3 is 12.1 Å². The van der Waals surface area contributed by atoms with Crippen LogP contribution in [0, 0.1) is 5.41 Å². The first-order chi connectivity index (χ1) is 8.12. The van der Waals surface area contributed by atoms with Gasteiger partial charge in [-0.3, -0.25) is 4.79 Å². The molecule has 0 radical (unpaired) electrons. The molecule has 18 heavy (non-hydrogen) atoms. The second-order valence-electron chi connectivity index (χ2n) is 6.31. The Labute approximate surface area is 108 Å². The van der Waals surface area contributed by atoms with Gasteiger partial charge in [0.05, 0.1) is 5.41 Å². The van der Waals surface area contributed by atoms with Gasteiger partial charge in [0.25, 0.3) is 0 Å². The number of amides is 1. The molecule has 0 aliphatic heterocycles. The SMILES string of the molecule is CC(C)(C)OC(=O)N[C@@H]1CCC[C@](C)(C(=O)O)C1. The zero-order chi connectivity index (χ0) is 14.0. The van der Waals surface area contributed by atoms with Crippen LogP contribution in [0.25, 0.3) is 0 Å². The molecule has 1 aliphatic rings. The summed E-state index contributed by atoms with van der Waals surface area (Å²) in [6.07, 6.45) is 2.27. The van der Waals surface area contributed by atoms with Crippen LogP contribution in [0.15, 0.2) is 0 Å². The van der Waals surface area contributed by atoms with Crippen molar-refractivity contribution in [2.75, 3.05) is 0 Å². The Balaban J connectivity index is 2.53. The Morgan fingerprint density at radius 1 is 1.39 bits per heavy atom. The molecule has 1 aliphatic carbocycles. The van der Waals surface area contributed by atoms with Crippen LogP contribution in [-0.4, -0.2) is 28.8 Å². The van der Waals surface area contributed by atoms with Gasteiger partial charge in [-0.25, -0.2) is 4.79 Å². The van der Waals surface area contributed by atoms with Gasteiger partial charge in [0, 0.05) is 6.04 Å². The van der Waals surface area contributed by atoms with Crippen molar-refractivity contribution in [1.29, 1.82) is 0 Å². The standard InChI is InChI=1S/C13H23NO4/c1-12(2,3)18-11(17)14-9-6-5-7-13(4,8-9)10(15)16/h9H,5-8H2,1-4H3,(H,14,17)(H,15,16)/t9-,13+/m1/s1. The molecule has 1 fully saturated rings. The van der Waals surface area contributed by atoms with E-state index < -0.39 is 23.1 Å². The van der Waals surface area contributed by atoms with Gasteiger partial charge in [-0.05, 0) is 47.0 Å². The Hall–Kier alpha value is -1.26. The number of carbonyl (C=O) groups excluding carboxylic acids is 1. The molecule has 0 bridgehead atoms. The summed E-state index contributed by atoms with van der Waals surface area (Å²) in [7, 11) is 0. The molecule has 0 aromatic heterocycles. The maximum atomic E-state index is 11.6. The smallest absolute Gasteiger partial charge is 0.407 e. The van der Waals surface area contributed by atoms with Crippen molar-refractivity contribution in [2.24, 2.45) is 5.41 Å². The first-order valence-corrected chi connectivity index (χ1v) is 6.35. The summed E-state index contributed by atoms with van der Waals surface area (Å²) < 4.78 is 5.17. The van der Waals surface area contributed by atoms with E-state index in [1.165, 1.54) is 0 Å². The Morgan fingerprint density at radius 2 is 2.00 bits per heavy atom. The summed E-state index contributed by atoms with van der Waals surface area (Å²) >= 11 is 0. The quantitative estimate of drug-likeness (QED) is 0.797. The molecule has 0 aromatic rings. The summed E-state index contributed by atoms with van der Waals surface area (Å²) in [5, 5.41) is 12.0. The fourth-order valence-electron chi connectivity index (χ4n) is 2.28. The van der Waals surface area contributed by atoms with Gasteiger partial charge in [-0.1, -0.05) is 6.42 Å². The second-order valence-corrected chi connectivity index (χ2v) is 6.31. The molecule has 5 nitrogen and oxygen atoms in total. The molecule has 0 aromatic carbocycles. The van der Waals surface area contributed by atoms with Gasteiger partial charge in [0.2, 0.25) is 0 Å². The van der Waals surface area contributed by atoms with Gasteiger partial charge in [-0.15, -0.1) is 0 Å². The number of carbonyl (C=O) groups is 2. The normalized spacial score (nSPS) is 28.6. The summed E-state index contributed by atoms with van der Waals surface area (Å²) in [6.45, 7) is 7.14. The number of nitrogens with one attached hydrogen (secondary N) is 1.